The van der Waals surface area contributed by atoms with E-state index in [4.69, 9.17) is 4.43 Å². The second kappa shape index (κ2) is 11.2. The third-order valence-electron chi connectivity index (χ3n) is 6.24. The molecule has 0 saturated carbocycles. The molecule has 29 heavy (non-hydrogen) atoms. The molecule has 3 nitrogen and oxygen atoms in total. The van der Waals surface area contributed by atoms with Gasteiger partial charge in [-0.2, -0.15) is 0 Å². The lowest BCUT2D eigenvalue weighted by Gasteiger charge is -2.44. The van der Waals surface area contributed by atoms with Crippen LogP contribution in [0.2, 0.25) is 16.6 Å². The van der Waals surface area contributed by atoms with Crippen molar-refractivity contribution in [1.29, 1.82) is 0 Å². The summed E-state index contributed by atoms with van der Waals surface area (Å²) in [4.78, 5) is 12.9. The van der Waals surface area contributed by atoms with Crippen molar-refractivity contribution in [3.63, 3.8) is 0 Å². The van der Waals surface area contributed by atoms with Gasteiger partial charge in [0.2, 0.25) is 8.32 Å². The second-order valence-electron chi connectivity index (χ2n) is 9.45. The third kappa shape index (κ3) is 6.63. The molecule has 0 bridgehead atoms. The minimum absolute atomic E-state index is 0.0602. The summed E-state index contributed by atoms with van der Waals surface area (Å²) in [6.07, 6.45) is 1.38. The van der Waals surface area contributed by atoms with Gasteiger partial charge < -0.3 is 9.53 Å². The maximum atomic E-state index is 12.9. The van der Waals surface area contributed by atoms with Gasteiger partial charge in [-0.15, -0.1) is 0 Å². The molecule has 4 heteroatoms. The lowest BCUT2D eigenvalue weighted by molar-refractivity contribution is -0.126. The van der Waals surface area contributed by atoms with E-state index in [-0.39, 0.29) is 11.9 Å². The molecule has 0 aromatic heterocycles. The highest BCUT2D eigenvalue weighted by Gasteiger charge is 2.46. The summed E-state index contributed by atoms with van der Waals surface area (Å²) >= 11 is 0. The van der Waals surface area contributed by atoms with E-state index < -0.39 is 20.3 Å². The van der Waals surface area contributed by atoms with Crippen LogP contribution in [0.25, 0.3) is 6.08 Å². The lowest BCUT2D eigenvalue weighted by atomic mass is 9.91. The van der Waals surface area contributed by atoms with Crippen molar-refractivity contribution in [2.24, 2.45) is 5.92 Å². The van der Waals surface area contributed by atoms with Crippen LogP contribution in [0, 0.1) is 5.92 Å². The molecular formula is C25H42O3Si. The van der Waals surface area contributed by atoms with E-state index in [1.165, 1.54) is 0 Å². The second-order valence-corrected chi connectivity index (χ2v) is 14.9. The summed E-state index contributed by atoms with van der Waals surface area (Å²) in [6, 6.07) is 9.88. The normalized spacial score (nSPS) is 16.4. The first-order chi connectivity index (χ1) is 13.4. The topological polar surface area (TPSA) is 46.5 Å². The van der Waals surface area contributed by atoms with E-state index in [9.17, 15) is 9.90 Å². The molecule has 164 valence electrons. The zero-order valence-electron chi connectivity index (χ0n) is 19.9. The van der Waals surface area contributed by atoms with Crippen LogP contribution in [0.5, 0.6) is 0 Å². The number of carbonyl (C=O) groups is 1. The van der Waals surface area contributed by atoms with Crippen molar-refractivity contribution in [3.8, 4) is 0 Å². The highest BCUT2D eigenvalue weighted by Crippen LogP contribution is 2.43. The Morgan fingerprint density at radius 1 is 0.966 bits per heavy atom. The van der Waals surface area contributed by atoms with E-state index in [0.29, 0.717) is 23.0 Å². The Bertz CT molecular complexity index is 642. The fraction of sp³-hybridized carbons (Fsp3) is 0.640. The first-order valence-electron chi connectivity index (χ1n) is 11.0. The van der Waals surface area contributed by atoms with Crippen molar-refractivity contribution >= 4 is 20.2 Å². The minimum atomic E-state index is -2.02. The van der Waals surface area contributed by atoms with Crippen molar-refractivity contribution < 1.29 is 14.3 Å². The lowest BCUT2D eigenvalue weighted by Crippen LogP contribution is -2.50. The fourth-order valence-electron chi connectivity index (χ4n) is 4.74. The van der Waals surface area contributed by atoms with E-state index in [0.717, 1.165) is 11.1 Å². The van der Waals surface area contributed by atoms with Gasteiger partial charge in [0.1, 0.15) is 5.78 Å². The van der Waals surface area contributed by atoms with Crippen LogP contribution in [0.1, 0.15) is 74.3 Å². The van der Waals surface area contributed by atoms with Crippen LogP contribution < -0.4 is 0 Å². The summed E-state index contributed by atoms with van der Waals surface area (Å²) < 4.78 is 6.70. The molecule has 0 spiro atoms. The predicted molar refractivity (Wildman–Crippen MR) is 126 cm³/mol. The maximum Gasteiger partial charge on any atom is 0.200 e. The Kier molecular flexibility index (Phi) is 10.00. The molecule has 3 atom stereocenters. The Labute approximate surface area is 179 Å². The number of aliphatic hydroxyl groups excluding tert-OH is 1. The molecule has 1 aromatic carbocycles. The molecule has 1 rings (SSSR count). The standard InChI is InChI=1S/C25H42O3Si/c1-17(2)29(18(3)4,19(5)6)28-21(8)16-24(26)22(9)25(27)20(7)15-23-13-11-10-12-14-23/h10-15,17-19,21-22,25,27H,16H2,1-9H3/b20-15+/t21-,22+,25+/m0/s1. The quantitative estimate of drug-likeness (QED) is 0.410. The average Bonchev–Trinajstić information content (AvgIpc) is 2.64. The van der Waals surface area contributed by atoms with Gasteiger partial charge in [-0.3, -0.25) is 4.79 Å². The van der Waals surface area contributed by atoms with E-state index in [2.05, 4.69) is 41.5 Å². The number of hydrogen-bond donors (Lipinski definition) is 1. The molecule has 0 amide bonds. The number of carbonyl (C=O) groups excluding carboxylic acids is 1. The molecule has 1 aromatic rings. The molecule has 1 N–H and O–H groups in total. The first kappa shape index (κ1) is 25.8. The molecule has 0 aliphatic rings. The van der Waals surface area contributed by atoms with Gasteiger partial charge in [-0.05, 0) is 41.6 Å². The van der Waals surface area contributed by atoms with Crippen molar-refractivity contribution in [1.82, 2.24) is 0 Å². The average molecular weight is 419 g/mol. The molecule has 0 saturated heterocycles. The fourth-order valence-corrected chi connectivity index (χ4v) is 10.3. The zero-order valence-corrected chi connectivity index (χ0v) is 20.9. The van der Waals surface area contributed by atoms with Gasteiger partial charge in [-0.1, -0.05) is 84.9 Å². The monoisotopic (exact) mass is 418 g/mol. The van der Waals surface area contributed by atoms with Crippen LogP contribution in [-0.4, -0.2) is 31.4 Å². The number of Topliss-reactive ketones (excluding diaryl/α,β-unsaturated/α-hetero) is 1. The molecular weight excluding hydrogens is 376 g/mol. The van der Waals surface area contributed by atoms with Crippen molar-refractivity contribution in [3.05, 3.63) is 41.5 Å². The molecule has 0 radical (unpaired) electrons. The van der Waals surface area contributed by atoms with Gasteiger partial charge in [0.15, 0.2) is 0 Å². The number of ketones is 1. The minimum Gasteiger partial charge on any atom is -0.413 e. The highest BCUT2D eigenvalue weighted by atomic mass is 28.4. The number of hydrogen-bond acceptors (Lipinski definition) is 3. The number of benzene rings is 1. The SMILES string of the molecule is C/C(=C\c1ccccc1)[C@@H](O)[C@H](C)C(=O)C[C@H](C)O[Si](C(C)C)(C(C)C)C(C)C. The van der Waals surface area contributed by atoms with Crippen LogP contribution in [-0.2, 0) is 9.22 Å². The predicted octanol–water partition coefficient (Wildman–Crippen LogP) is 6.63. The Morgan fingerprint density at radius 2 is 1.45 bits per heavy atom. The maximum absolute atomic E-state index is 12.9. The number of rotatable bonds is 11. The smallest absolute Gasteiger partial charge is 0.200 e. The summed E-state index contributed by atoms with van der Waals surface area (Å²) in [6.45, 7) is 19.2. The third-order valence-corrected chi connectivity index (χ3v) is 12.5. The van der Waals surface area contributed by atoms with Gasteiger partial charge in [0, 0.05) is 18.4 Å². The van der Waals surface area contributed by atoms with Gasteiger partial charge in [0.25, 0.3) is 0 Å². The molecule has 0 aliphatic heterocycles. The van der Waals surface area contributed by atoms with Crippen LogP contribution in [0.4, 0.5) is 0 Å². The largest absolute Gasteiger partial charge is 0.413 e. The Balaban J connectivity index is 2.84. The van der Waals surface area contributed by atoms with E-state index >= 15 is 0 Å². The Morgan fingerprint density at radius 3 is 1.90 bits per heavy atom. The summed E-state index contributed by atoms with van der Waals surface area (Å²) in [5.41, 5.74) is 3.29. The molecule has 0 heterocycles. The van der Waals surface area contributed by atoms with Gasteiger partial charge in [-0.25, -0.2) is 0 Å². The van der Waals surface area contributed by atoms with Crippen LogP contribution in [0.3, 0.4) is 0 Å². The van der Waals surface area contributed by atoms with Crippen molar-refractivity contribution in [2.45, 2.75) is 97.6 Å². The summed E-state index contributed by atoms with van der Waals surface area (Å²) in [5, 5.41) is 10.7. The summed E-state index contributed by atoms with van der Waals surface area (Å²) in [5.74, 6) is -0.390. The van der Waals surface area contributed by atoms with E-state index in [1.807, 2.05) is 57.2 Å². The molecule has 0 fully saturated rings. The highest BCUT2D eigenvalue weighted by molar-refractivity contribution is 6.77. The number of aliphatic hydroxyl groups is 1. The molecule has 0 aliphatic carbocycles. The molecule has 0 unspecified atom stereocenters. The Hall–Kier alpha value is -1.23. The van der Waals surface area contributed by atoms with Crippen LogP contribution in [0.15, 0.2) is 35.9 Å². The first-order valence-corrected chi connectivity index (χ1v) is 13.2. The van der Waals surface area contributed by atoms with Gasteiger partial charge >= 0.3 is 0 Å². The van der Waals surface area contributed by atoms with E-state index in [1.54, 1.807) is 0 Å². The summed E-state index contributed by atoms with van der Waals surface area (Å²) in [7, 11) is -2.02. The van der Waals surface area contributed by atoms with Crippen LogP contribution >= 0.6 is 0 Å². The van der Waals surface area contributed by atoms with Crippen molar-refractivity contribution in [2.75, 3.05) is 0 Å². The zero-order chi connectivity index (χ0) is 22.4. The van der Waals surface area contributed by atoms with Gasteiger partial charge in [0.05, 0.1) is 6.10 Å².